The number of amides is 1. The zero-order valence-electron chi connectivity index (χ0n) is 9.49. The Labute approximate surface area is 106 Å². The van der Waals surface area contributed by atoms with Crippen LogP contribution in [0.5, 0.6) is 5.75 Å². The molecular weight excluding hydrogens is 238 g/mol. The maximum atomic E-state index is 12.0. The Hall–Kier alpha value is -1.48. The van der Waals surface area contributed by atoms with Gasteiger partial charge in [0, 0.05) is 12.4 Å². The van der Waals surface area contributed by atoms with E-state index in [-0.39, 0.29) is 5.91 Å². The van der Waals surface area contributed by atoms with E-state index in [2.05, 4.69) is 6.58 Å². The highest BCUT2D eigenvalue weighted by Crippen LogP contribution is 2.31. The monoisotopic (exact) mass is 251 g/mol. The maximum Gasteiger partial charge on any atom is 0.230 e. The molecule has 1 heterocycles. The molecule has 2 rings (SSSR count). The molecule has 0 fully saturated rings. The van der Waals surface area contributed by atoms with Crippen molar-refractivity contribution in [3.8, 4) is 5.75 Å². The van der Waals surface area contributed by atoms with Gasteiger partial charge in [0.2, 0.25) is 5.91 Å². The molecule has 0 aromatic heterocycles. The van der Waals surface area contributed by atoms with Crippen LogP contribution in [0.3, 0.4) is 0 Å². The first kappa shape index (κ1) is 12.0. The highest BCUT2D eigenvalue weighted by atomic mass is 35.5. The maximum absolute atomic E-state index is 12.0. The fourth-order valence-corrected chi connectivity index (χ4v) is 1.84. The van der Waals surface area contributed by atoms with E-state index in [4.69, 9.17) is 16.3 Å². The molecule has 0 bridgehead atoms. The van der Waals surface area contributed by atoms with Gasteiger partial charge in [-0.25, -0.2) is 0 Å². The lowest BCUT2D eigenvalue weighted by atomic mass is 10.2. The number of hydrogen-bond donors (Lipinski definition) is 0. The van der Waals surface area contributed by atoms with Gasteiger partial charge in [0.05, 0.1) is 18.7 Å². The van der Waals surface area contributed by atoms with Crippen molar-refractivity contribution in [3.05, 3.63) is 36.4 Å². The van der Waals surface area contributed by atoms with Gasteiger partial charge in [0.1, 0.15) is 5.75 Å². The van der Waals surface area contributed by atoms with E-state index in [0.29, 0.717) is 25.5 Å². The molecule has 1 aliphatic heterocycles. The molecule has 4 heteroatoms. The van der Waals surface area contributed by atoms with Gasteiger partial charge in [0.25, 0.3) is 0 Å². The van der Waals surface area contributed by atoms with Gasteiger partial charge in [-0.05, 0) is 17.7 Å². The van der Waals surface area contributed by atoms with Crippen LogP contribution in [0.1, 0.15) is 6.42 Å². The van der Waals surface area contributed by atoms with Gasteiger partial charge in [-0.2, -0.15) is 0 Å². The molecule has 0 unspecified atom stereocenters. The van der Waals surface area contributed by atoms with Gasteiger partial charge in [-0.1, -0.05) is 18.7 Å². The van der Waals surface area contributed by atoms with Crippen LogP contribution in [0.2, 0.25) is 0 Å². The van der Waals surface area contributed by atoms with Crippen LogP contribution in [0, 0.1) is 0 Å². The summed E-state index contributed by atoms with van der Waals surface area (Å²) in [5.74, 6) is 1.13. The summed E-state index contributed by atoms with van der Waals surface area (Å²) in [6.45, 7) is 4.70. The van der Waals surface area contributed by atoms with Gasteiger partial charge < -0.3 is 9.64 Å². The normalized spacial score (nSPS) is 14.9. The number of hydrogen-bond acceptors (Lipinski definition) is 2. The first-order valence-electron chi connectivity index (χ1n) is 5.47. The molecule has 0 saturated carbocycles. The fourth-order valence-electron chi connectivity index (χ4n) is 1.76. The zero-order chi connectivity index (χ0) is 12.3. The van der Waals surface area contributed by atoms with E-state index in [1.54, 1.807) is 4.90 Å². The minimum atomic E-state index is 0.0428. The highest BCUT2D eigenvalue weighted by molar-refractivity contribution is 6.19. The number of alkyl halides is 1. The third kappa shape index (κ3) is 2.61. The Kier molecular flexibility index (Phi) is 3.69. The highest BCUT2D eigenvalue weighted by Gasteiger charge is 2.22. The number of carbonyl (C=O) groups excluding carboxylic acids is 1. The first-order valence-corrected chi connectivity index (χ1v) is 6.00. The Balaban J connectivity index is 2.33. The van der Waals surface area contributed by atoms with Crippen molar-refractivity contribution < 1.29 is 9.53 Å². The van der Waals surface area contributed by atoms with E-state index in [0.717, 1.165) is 17.0 Å². The quantitative estimate of drug-likeness (QED) is 0.611. The molecule has 1 amide bonds. The van der Waals surface area contributed by atoms with Crippen LogP contribution >= 0.6 is 11.6 Å². The average Bonchev–Trinajstić information content (AvgIpc) is 2.50. The second kappa shape index (κ2) is 5.23. The molecule has 0 N–H and O–H groups in total. The predicted octanol–water partition coefficient (Wildman–Crippen LogP) is 2.60. The van der Waals surface area contributed by atoms with Gasteiger partial charge in [0.15, 0.2) is 0 Å². The molecule has 1 aromatic rings. The Morgan fingerprint density at radius 2 is 2.24 bits per heavy atom. The molecule has 0 saturated heterocycles. The summed E-state index contributed by atoms with van der Waals surface area (Å²) in [6.07, 6.45) is 0.379. The number of benzene rings is 1. The third-order valence-electron chi connectivity index (χ3n) is 2.60. The Morgan fingerprint density at radius 3 is 3.00 bits per heavy atom. The lowest BCUT2D eigenvalue weighted by molar-refractivity contribution is -0.118. The summed E-state index contributed by atoms with van der Waals surface area (Å²) < 4.78 is 5.54. The van der Waals surface area contributed by atoms with Crippen LogP contribution in [0.25, 0.3) is 0 Å². The summed E-state index contributed by atoms with van der Waals surface area (Å²) in [5.41, 5.74) is 1.61. The molecule has 0 atom stereocenters. The molecule has 0 aliphatic carbocycles. The number of anilines is 1. The smallest absolute Gasteiger partial charge is 0.230 e. The number of halogens is 1. The summed E-state index contributed by atoms with van der Waals surface area (Å²) in [7, 11) is 0. The minimum Gasteiger partial charge on any atom is -0.491 e. The summed E-state index contributed by atoms with van der Waals surface area (Å²) in [4.78, 5) is 13.7. The van der Waals surface area contributed by atoms with E-state index in [1.807, 2.05) is 24.3 Å². The van der Waals surface area contributed by atoms with Crippen LogP contribution in [-0.2, 0) is 4.79 Å². The summed E-state index contributed by atoms with van der Waals surface area (Å²) in [6, 6.07) is 7.52. The molecule has 1 aliphatic rings. The standard InChI is InChI=1S/C13H14ClNO2/c1-10(8-14)9-15-11-4-2-3-5-12(11)17-7-6-13(15)16/h2-5H,1,6-9H2. The lowest BCUT2D eigenvalue weighted by Crippen LogP contribution is -2.32. The first-order chi connectivity index (χ1) is 8.22. The molecule has 3 nitrogen and oxygen atoms in total. The fraction of sp³-hybridized carbons (Fsp3) is 0.308. The molecule has 1 aromatic carbocycles. The van der Waals surface area contributed by atoms with Crippen LogP contribution in [-0.4, -0.2) is 24.9 Å². The van der Waals surface area contributed by atoms with Crippen molar-refractivity contribution in [2.24, 2.45) is 0 Å². The number of para-hydroxylation sites is 2. The summed E-state index contributed by atoms with van der Waals surface area (Å²) >= 11 is 5.72. The number of fused-ring (bicyclic) bond motifs is 1. The second-order valence-electron chi connectivity index (χ2n) is 3.93. The molecular formula is C13H14ClNO2. The topological polar surface area (TPSA) is 29.5 Å². The number of ether oxygens (including phenoxy) is 1. The van der Waals surface area contributed by atoms with Crippen LogP contribution in [0.15, 0.2) is 36.4 Å². The van der Waals surface area contributed by atoms with E-state index in [1.165, 1.54) is 0 Å². The SMILES string of the molecule is C=C(CCl)CN1C(=O)CCOc2ccccc21. The van der Waals surface area contributed by atoms with Crippen molar-refractivity contribution in [2.45, 2.75) is 6.42 Å². The number of rotatable bonds is 3. The molecule has 0 radical (unpaired) electrons. The minimum absolute atomic E-state index is 0.0428. The van der Waals surface area contributed by atoms with E-state index < -0.39 is 0 Å². The van der Waals surface area contributed by atoms with E-state index in [9.17, 15) is 4.79 Å². The second-order valence-corrected chi connectivity index (χ2v) is 4.20. The van der Waals surface area contributed by atoms with Gasteiger partial charge >= 0.3 is 0 Å². The van der Waals surface area contributed by atoms with Crippen molar-refractivity contribution in [1.29, 1.82) is 0 Å². The van der Waals surface area contributed by atoms with Gasteiger partial charge in [-0.15, -0.1) is 11.6 Å². The largest absolute Gasteiger partial charge is 0.491 e. The van der Waals surface area contributed by atoms with Crippen molar-refractivity contribution in [2.75, 3.05) is 23.9 Å². The average molecular weight is 252 g/mol. The molecule has 90 valence electrons. The lowest BCUT2D eigenvalue weighted by Gasteiger charge is -2.22. The third-order valence-corrected chi connectivity index (χ3v) is 2.98. The van der Waals surface area contributed by atoms with E-state index >= 15 is 0 Å². The van der Waals surface area contributed by atoms with Gasteiger partial charge in [-0.3, -0.25) is 4.79 Å². The van der Waals surface area contributed by atoms with Crippen molar-refractivity contribution >= 4 is 23.2 Å². The molecule has 0 spiro atoms. The number of nitrogens with zero attached hydrogens (tertiary/aromatic N) is 1. The van der Waals surface area contributed by atoms with Crippen LogP contribution in [0.4, 0.5) is 5.69 Å². The molecule has 17 heavy (non-hydrogen) atoms. The summed E-state index contributed by atoms with van der Waals surface area (Å²) in [5, 5.41) is 0. The predicted molar refractivity (Wildman–Crippen MR) is 68.8 cm³/mol. The van der Waals surface area contributed by atoms with Crippen molar-refractivity contribution in [3.63, 3.8) is 0 Å². The van der Waals surface area contributed by atoms with Crippen molar-refractivity contribution in [1.82, 2.24) is 0 Å². The van der Waals surface area contributed by atoms with Crippen LogP contribution < -0.4 is 9.64 Å². The Bertz CT molecular complexity index is 445. The zero-order valence-corrected chi connectivity index (χ0v) is 10.2. The Morgan fingerprint density at radius 1 is 1.47 bits per heavy atom. The number of carbonyl (C=O) groups is 1.